The molecule has 0 amide bonds. The van der Waals surface area contributed by atoms with Gasteiger partial charge in [-0.3, -0.25) is 14.4 Å². The standard InChI is InChI=1S/C32H50N6O11/c1-10-23-16(4)17(5)25(35-37-33)32(45-23)48-28-18(6)22(13-42-12-15(3)43-14-39)30(49-29(28)20(8)40)47-27-19(7)26(36-38-34)31(44-21(9)41)46-24(27)11-2/h14,16-19,22-32H,3,10-13H2,1-2,4-9H3/t16-,17-,18+,19+,22-,23-,24?,25?,26-,27-,28-,29-,30?,31?,32+/m0/s1. The van der Waals surface area contributed by atoms with Crippen LogP contribution in [-0.4, -0.2) is 92.9 Å². The van der Waals surface area contributed by atoms with Crippen LogP contribution in [0, 0.1) is 29.6 Å². The summed E-state index contributed by atoms with van der Waals surface area (Å²) < 4.78 is 48.1. The first-order valence-corrected chi connectivity index (χ1v) is 16.7. The first-order chi connectivity index (χ1) is 23.3. The average molecular weight is 695 g/mol. The predicted octanol–water partition coefficient (Wildman–Crippen LogP) is 5.13. The molecule has 0 spiro atoms. The van der Waals surface area contributed by atoms with Crippen LogP contribution < -0.4 is 0 Å². The van der Waals surface area contributed by atoms with Crippen molar-refractivity contribution in [1.29, 1.82) is 0 Å². The maximum Gasteiger partial charge on any atom is 0.304 e. The van der Waals surface area contributed by atoms with Crippen molar-refractivity contribution in [3.8, 4) is 0 Å². The number of rotatable bonds is 16. The number of carbonyl (C=O) groups excluding carboxylic acids is 3. The van der Waals surface area contributed by atoms with Crippen LogP contribution in [0.2, 0.25) is 0 Å². The van der Waals surface area contributed by atoms with Crippen LogP contribution >= 0.6 is 0 Å². The number of azide groups is 2. The first-order valence-electron chi connectivity index (χ1n) is 16.7. The van der Waals surface area contributed by atoms with Gasteiger partial charge in [0.25, 0.3) is 6.47 Å². The van der Waals surface area contributed by atoms with Crippen LogP contribution in [0.4, 0.5) is 0 Å². The Bertz CT molecular complexity index is 1260. The highest BCUT2D eigenvalue weighted by Crippen LogP contribution is 2.42. The zero-order valence-corrected chi connectivity index (χ0v) is 29.4. The third kappa shape index (κ3) is 9.71. The summed E-state index contributed by atoms with van der Waals surface area (Å²) in [6, 6.07) is -1.58. The summed E-state index contributed by atoms with van der Waals surface area (Å²) in [7, 11) is 0. The number of hydrogen-bond donors (Lipinski definition) is 0. The van der Waals surface area contributed by atoms with E-state index in [1.54, 1.807) is 6.92 Å². The van der Waals surface area contributed by atoms with Crippen molar-refractivity contribution in [1.82, 2.24) is 0 Å². The summed E-state index contributed by atoms with van der Waals surface area (Å²) in [5.74, 6) is -2.40. The molecule has 3 aliphatic heterocycles. The van der Waals surface area contributed by atoms with Gasteiger partial charge in [-0.25, -0.2) is 0 Å². The Labute approximate surface area is 286 Å². The van der Waals surface area contributed by atoms with Crippen LogP contribution in [0.1, 0.15) is 68.2 Å². The summed E-state index contributed by atoms with van der Waals surface area (Å²) in [4.78, 5) is 41.8. The zero-order chi connectivity index (χ0) is 36.4. The van der Waals surface area contributed by atoms with Crippen molar-refractivity contribution in [3.05, 3.63) is 33.2 Å². The number of ketones is 1. The summed E-state index contributed by atoms with van der Waals surface area (Å²) in [6.07, 6.45) is -5.48. The van der Waals surface area contributed by atoms with Crippen molar-refractivity contribution >= 4 is 18.2 Å². The second-order valence-electron chi connectivity index (χ2n) is 13.0. The molecule has 0 bridgehead atoms. The Kier molecular flexibility index (Phi) is 15.3. The fraction of sp³-hybridized carbons (Fsp3) is 0.844. The van der Waals surface area contributed by atoms with Gasteiger partial charge in [0, 0.05) is 22.7 Å². The molecule has 0 aromatic carbocycles. The lowest BCUT2D eigenvalue weighted by atomic mass is 9.80. The molecule has 3 aliphatic rings. The lowest BCUT2D eigenvalue weighted by Crippen LogP contribution is -2.61. The molecule has 17 heteroatoms. The van der Waals surface area contributed by atoms with E-state index in [4.69, 9.17) is 37.9 Å². The number of nitrogens with zero attached hydrogens (tertiary/aromatic N) is 6. The minimum Gasteiger partial charge on any atom is -0.435 e. The SMILES string of the molecule is C=C(COC[C@@H]1C(O[C@@H]2C(CC)OC(OC(C)=O)[C@@H](N=[N+]=[N-])[C@H]2C)O[C@@H](C(C)=O)[C@@H](O[C@H]2O[C@@H](CC)[C@@H](C)[C@H](C)C2N=[N+]=[N-])[C@@H]1C)OC=O. The van der Waals surface area contributed by atoms with Gasteiger partial charge in [-0.1, -0.05) is 58.3 Å². The predicted molar refractivity (Wildman–Crippen MR) is 172 cm³/mol. The monoisotopic (exact) mass is 694 g/mol. The van der Waals surface area contributed by atoms with E-state index >= 15 is 0 Å². The van der Waals surface area contributed by atoms with Crippen LogP contribution in [0.25, 0.3) is 20.9 Å². The molecule has 3 heterocycles. The van der Waals surface area contributed by atoms with E-state index < -0.39 is 79.1 Å². The Balaban J connectivity index is 1.98. The summed E-state index contributed by atoms with van der Waals surface area (Å²) in [6.45, 7) is 18.0. The van der Waals surface area contributed by atoms with E-state index in [1.807, 2.05) is 34.6 Å². The lowest BCUT2D eigenvalue weighted by molar-refractivity contribution is -0.338. The van der Waals surface area contributed by atoms with Gasteiger partial charge in [-0.15, -0.1) is 0 Å². The number of esters is 1. The van der Waals surface area contributed by atoms with Crippen molar-refractivity contribution in [2.45, 2.75) is 130 Å². The molecule has 4 unspecified atom stereocenters. The van der Waals surface area contributed by atoms with Gasteiger partial charge < -0.3 is 37.9 Å². The Morgan fingerprint density at radius 3 is 1.96 bits per heavy atom. The van der Waals surface area contributed by atoms with Crippen molar-refractivity contribution in [2.75, 3.05) is 13.2 Å². The molecule has 15 atom stereocenters. The molecule has 3 rings (SSSR count). The maximum atomic E-state index is 13.2. The summed E-state index contributed by atoms with van der Waals surface area (Å²) >= 11 is 0. The minimum absolute atomic E-state index is 0.00246. The summed E-state index contributed by atoms with van der Waals surface area (Å²) in [5.41, 5.74) is 18.7. The van der Waals surface area contributed by atoms with Crippen molar-refractivity contribution in [2.24, 2.45) is 39.8 Å². The van der Waals surface area contributed by atoms with Crippen LogP contribution in [0.15, 0.2) is 22.6 Å². The summed E-state index contributed by atoms with van der Waals surface area (Å²) in [5, 5.41) is 7.88. The topological polar surface area (TPSA) is 223 Å². The quantitative estimate of drug-likeness (QED) is 0.0514. The van der Waals surface area contributed by atoms with E-state index in [-0.39, 0.29) is 49.2 Å². The van der Waals surface area contributed by atoms with E-state index in [2.05, 4.69) is 26.6 Å². The molecule has 17 nitrogen and oxygen atoms in total. The fourth-order valence-electron chi connectivity index (χ4n) is 6.90. The molecule has 274 valence electrons. The normalized spacial score (nSPS) is 39.1. The van der Waals surface area contributed by atoms with E-state index in [0.717, 1.165) is 0 Å². The number of ether oxygens (including phenoxy) is 8. The minimum atomic E-state index is -1.12. The zero-order valence-electron chi connectivity index (χ0n) is 29.4. The highest BCUT2D eigenvalue weighted by Gasteiger charge is 2.53. The molecule has 0 saturated carbocycles. The van der Waals surface area contributed by atoms with Crippen molar-refractivity contribution < 1.29 is 52.3 Å². The second-order valence-corrected chi connectivity index (χ2v) is 13.0. The maximum absolute atomic E-state index is 13.2. The molecule has 49 heavy (non-hydrogen) atoms. The van der Waals surface area contributed by atoms with Gasteiger partial charge in [0.15, 0.2) is 18.4 Å². The molecule has 0 aliphatic carbocycles. The Morgan fingerprint density at radius 1 is 0.816 bits per heavy atom. The molecular weight excluding hydrogens is 644 g/mol. The van der Waals surface area contributed by atoms with Crippen LogP contribution in [0.5, 0.6) is 0 Å². The Hall–Kier alpha value is -3.27. The number of hydrogen-bond acceptors (Lipinski definition) is 13. The van der Waals surface area contributed by atoms with E-state index in [0.29, 0.717) is 12.8 Å². The van der Waals surface area contributed by atoms with E-state index in [1.165, 1.54) is 13.8 Å². The number of Topliss-reactive ketones (excluding diaryl/α,β-unsaturated/α-hetero) is 1. The van der Waals surface area contributed by atoms with Crippen molar-refractivity contribution in [3.63, 3.8) is 0 Å². The smallest absolute Gasteiger partial charge is 0.304 e. The van der Waals surface area contributed by atoms with Gasteiger partial charge in [0.1, 0.15) is 24.5 Å². The molecule has 0 N–H and O–H groups in total. The number of carbonyl (C=O) groups is 3. The van der Waals surface area contributed by atoms with Gasteiger partial charge >= 0.3 is 5.97 Å². The van der Waals surface area contributed by atoms with E-state index in [9.17, 15) is 25.4 Å². The molecular formula is C32H50N6O11. The molecule has 3 fully saturated rings. The largest absolute Gasteiger partial charge is 0.435 e. The highest BCUT2D eigenvalue weighted by molar-refractivity contribution is 5.81. The molecule has 0 aromatic heterocycles. The molecule has 0 radical (unpaired) electrons. The third-order valence-corrected chi connectivity index (χ3v) is 9.90. The molecule has 0 aromatic rings. The first kappa shape index (κ1) is 40.2. The fourth-order valence-corrected chi connectivity index (χ4v) is 6.90. The van der Waals surface area contributed by atoms with Gasteiger partial charge in [-0.2, -0.15) is 0 Å². The lowest BCUT2D eigenvalue weighted by Gasteiger charge is -2.50. The highest BCUT2D eigenvalue weighted by atomic mass is 16.7. The average Bonchev–Trinajstić information content (AvgIpc) is 3.05. The van der Waals surface area contributed by atoms with Crippen LogP contribution in [0.3, 0.4) is 0 Å². The van der Waals surface area contributed by atoms with Gasteiger partial charge in [0.05, 0.1) is 37.1 Å². The van der Waals surface area contributed by atoms with Gasteiger partial charge in [-0.05, 0) is 54.5 Å². The van der Waals surface area contributed by atoms with Crippen LogP contribution in [-0.2, 0) is 52.3 Å². The molecule has 3 saturated heterocycles. The van der Waals surface area contributed by atoms with Gasteiger partial charge in [0.2, 0.25) is 6.29 Å². The Morgan fingerprint density at radius 2 is 1.41 bits per heavy atom. The third-order valence-electron chi connectivity index (χ3n) is 9.90. The second kappa shape index (κ2) is 18.6.